The normalized spacial score (nSPS) is 16.1. The van der Waals surface area contributed by atoms with E-state index < -0.39 is 0 Å². The van der Waals surface area contributed by atoms with Gasteiger partial charge in [-0.2, -0.15) is 0 Å². The topological polar surface area (TPSA) is 52.6 Å². The van der Waals surface area contributed by atoms with Crippen LogP contribution < -0.4 is 10.6 Å². The van der Waals surface area contributed by atoms with Gasteiger partial charge in [0.25, 0.3) is 0 Å². The minimum Gasteiger partial charge on any atom is -0.356 e. The van der Waals surface area contributed by atoms with Gasteiger partial charge < -0.3 is 15.5 Å². The van der Waals surface area contributed by atoms with Crippen molar-refractivity contribution in [2.24, 2.45) is 4.99 Å². The smallest absolute Gasteiger partial charge is 0.190 e. The van der Waals surface area contributed by atoms with Crippen LogP contribution in [0.4, 0.5) is 0 Å². The van der Waals surface area contributed by atoms with Gasteiger partial charge in [-0.05, 0) is 56.9 Å². The summed E-state index contributed by atoms with van der Waals surface area (Å²) in [5, 5.41) is 6.77. The lowest BCUT2D eigenvalue weighted by Gasteiger charge is -2.20. The average Bonchev–Trinajstić information content (AvgIpc) is 2.87. The zero-order valence-electron chi connectivity index (χ0n) is 14.8. The third kappa shape index (κ3) is 8.82. The molecule has 2 heterocycles. The van der Waals surface area contributed by atoms with Crippen LogP contribution in [-0.4, -0.2) is 55.6 Å². The monoisotopic (exact) mass is 445 g/mol. The fraction of sp³-hybridized carbons (Fsp3) is 0.667. The molecular formula is C18H32IN5. The lowest BCUT2D eigenvalue weighted by atomic mass is 10.2. The maximum absolute atomic E-state index is 4.28. The highest BCUT2D eigenvalue weighted by Crippen LogP contribution is 2.09. The SMILES string of the molecule is CN=C(NCCCN1CCCCCC1)NCCc1cccnc1.I. The van der Waals surface area contributed by atoms with E-state index in [9.17, 15) is 0 Å². The van der Waals surface area contributed by atoms with E-state index in [0.717, 1.165) is 25.5 Å². The predicted molar refractivity (Wildman–Crippen MR) is 112 cm³/mol. The van der Waals surface area contributed by atoms with E-state index in [1.165, 1.54) is 57.3 Å². The number of halogens is 1. The Hall–Kier alpha value is -0.890. The van der Waals surface area contributed by atoms with E-state index in [1.807, 2.05) is 25.5 Å². The second kappa shape index (κ2) is 13.4. The molecule has 0 aromatic carbocycles. The van der Waals surface area contributed by atoms with Crippen molar-refractivity contribution in [2.75, 3.05) is 39.8 Å². The number of nitrogens with one attached hydrogen (secondary N) is 2. The van der Waals surface area contributed by atoms with Gasteiger partial charge in [0.2, 0.25) is 0 Å². The molecule has 0 amide bonds. The number of hydrogen-bond acceptors (Lipinski definition) is 3. The second-order valence-electron chi connectivity index (χ2n) is 6.15. The Labute approximate surface area is 163 Å². The highest BCUT2D eigenvalue weighted by atomic mass is 127. The Bertz CT molecular complexity index is 444. The molecule has 0 bridgehead atoms. The van der Waals surface area contributed by atoms with Crippen molar-refractivity contribution < 1.29 is 0 Å². The predicted octanol–water partition coefficient (Wildman–Crippen LogP) is 2.67. The van der Waals surface area contributed by atoms with Crippen LogP contribution >= 0.6 is 24.0 Å². The molecule has 24 heavy (non-hydrogen) atoms. The Morgan fingerprint density at radius 1 is 1.17 bits per heavy atom. The Balaban J connectivity index is 0.00000288. The number of hydrogen-bond donors (Lipinski definition) is 2. The van der Waals surface area contributed by atoms with Crippen molar-refractivity contribution in [3.05, 3.63) is 30.1 Å². The van der Waals surface area contributed by atoms with E-state index in [-0.39, 0.29) is 24.0 Å². The maximum Gasteiger partial charge on any atom is 0.190 e. The summed E-state index contributed by atoms with van der Waals surface area (Å²) in [6, 6.07) is 4.08. The lowest BCUT2D eigenvalue weighted by Crippen LogP contribution is -2.39. The van der Waals surface area contributed by atoms with Gasteiger partial charge in [0.1, 0.15) is 0 Å². The first kappa shape index (κ1) is 21.2. The van der Waals surface area contributed by atoms with Crippen LogP contribution in [0, 0.1) is 0 Å². The molecule has 0 saturated carbocycles. The molecular weight excluding hydrogens is 413 g/mol. The molecule has 136 valence electrons. The summed E-state index contributed by atoms with van der Waals surface area (Å²) >= 11 is 0. The third-order valence-electron chi connectivity index (χ3n) is 4.29. The molecule has 1 aliphatic rings. The molecule has 6 heteroatoms. The first-order valence-electron chi connectivity index (χ1n) is 8.94. The summed E-state index contributed by atoms with van der Waals surface area (Å²) in [6.07, 6.45) is 11.4. The summed E-state index contributed by atoms with van der Waals surface area (Å²) in [6.45, 7) is 5.59. The maximum atomic E-state index is 4.28. The summed E-state index contributed by atoms with van der Waals surface area (Å²) in [4.78, 5) is 11.0. The summed E-state index contributed by atoms with van der Waals surface area (Å²) < 4.78 is 0. The Morgan fingerprint density at radius 3 is 2.58 bits per heavy atom. The number of aromatic nitrogens is 1. The van der Waals surface area contributed by atoms with Crippen LogP contribution in [0.2, 0.25) is 0 Å². The molecule has 0 radical (unpaired) electrons. The van der Waals surface area contributed by atoms with Crippen LogP contribution in [0.1, 0.15) is 37.7 Å². The molecule has 0 atom stereocenters. The minimum atomic E-state index is 0. The van der Waals surface area contributed by atoms with E-state index in [1.54, 1.807) is 0 Å². The molecule has 5 nitrogen and oxygen atoms in total. The molecule has 0 unspecified atom stereocenters. The van der Waals surface area contributed by atoms with E-state index in [4.69, 9.17) is 0 Å². The molecule has 0 spiro atoms. The van der Waals surface area contributed by atoms with E-state index >= 15 is 0 Å². The summed E-state index contributed by atoms with van der Waals surface area (Å²) in [5.74, 6) is 0.893. The average molecular weight is 445 g/mol. The van der Waals surface area contributed by atoms with Crippen LogP contribution in [0.15, 0.2) is 29.5 Å². The Kier molecular flexibility index (Phi) is 11.8. The number of nitrogens with zero attached hydrogens (tertiary/aromatic N) is 3. The summed E-state index contributed by atoms with van der Waals surface area (Å²) in [5.41, 5.74) is 1.25. The fourth-order valence-corrected chi connectivity index (χ4v) is 2.96. The van der Waals surface area contributed by atoms with Crippen LogP contribution in [-0.2, 0) is 6.42 Å². The molecule has 1 saturated heterocycles. The van der Waals surface area contributed by atoms with Crippen molar-refractivity contribution in [1.29, 1.82) is 0 Å². The Morgan fingerprint density at radius 2 is 1.92 bits per heavy atom. The molecule has 1 aromatic rings. The zero-order valence-corrected chi connectivity index (χ0v) is 17.2. The van der Waals surface area contributed by atoms with Gasteiger partial charge in [0.15, 0.2) is 5.96 Å². The van der Waals surface area contributed by atoms with Crippen molar-refractivity contribution in [2.45, 2.75) is 38.5 Å². The van der Waals surface area contributed by atoms with Gasteiger partial charge in [-0.3, -0.25) is 9.98 Å². The fourth-order valence-electron chi connectivity index (χ4n) is 2.96. The van der Waals surface area contributed by atoms with Gasteiger partial charge in [0.05, 0.1) is 0 Å². The second-order valence-corrected chi connectivity index (χ2v) is 6.15. The summed E-state index contributed by atoms with van der Waals surface area (Å²) in [7, 11) is 1.83. The first-order valence-corrected chi connectivity index (χ1v) is 8.94. The van der Waals surface area contributed by atoms with Crippen LogP contribution in [0.5, 0.6) is 0 Å². The van der Waals surface area contributed by atoms with Crippen molar-refractivity contribution >= 4 is 29.9 Å². The van der Waals surface area contributed by atoms with Crippen molar-refractivity contribution in [1.82, 2.24) is 20.5 Å². The number of rotatable bonds is 7. The van der Waals surface area contributed by atoms with Gasteiger partial charge >= 0.3 is 0 Å². The minimum absolute atomic E-state index is 0. The number of aliphatic imine (C=N–C) groups is 1. The largest absolute Gasteiger partial charge is 0.356 e. The molecule has 2 rings (SSSR count). The van der Waals surface area contributed by atoms with Gasteiger partial charge in [-0.1, -0.05) is 18.9 Å². The van der Waals surface area contributed by atoms with Gasteiger partial charge in [-0.25, -0.2) is 0 Å². The number of guanidine groups is 1. The molecule has 1 aromatic heterocycles. The first-order chi connectivity index (χ1) is 11.4. The zero-order chi connectivity index (χ0) is 16.2. The highest BCUT2D eigenvalue weighted by Gasteiger charge is 2.08. The molecule has 1 fully saturated rings. The van der Waals surface area contributed by atoms with Crippen LogP contribution in [0.25, 0.3) is 0 Å². The molecule has 2 N–H and O–H groups in total. The lowest BCUT2D eigenvalue weighted by molar-refractivity contribution is 0.282. The molecule has 0 aliphatic carbocycles. The number of likely N-dealkylation sites (tertiary alicyclic amines) is 1. The number of pyridine rings is 1. The van der Waals surface area contributed by atoms with E-state index in [0.29, 0.717) is 0 Å². The standard InChI is InChI=1S/C18H31N5.HI/c1-19-18(22-12-9-17-8-6-10-20-16-17)21-11-7-15-23-13-4-2-3-5-14-23;/h6,8,10,16H,2-5,7,9,11-15H2,1H3,(H2,19,21,22);1H. The van der Waals surface area contributed by atoms with Gasteiger partial charge in [0, 0.05) is 32.5 Å². The third-order valence-corrected chi connectivity index (χ3v) is 4.29. The van der Waals surface area contributed by atoms with Crippen molar-refractivity contribution in [3.63, 3.8) is 0 Å². The molecule has 1 aliphatic heterocycles. The van der Waals surface area contributed by atoms with Crippen LogP contribution in [0.3, 0.4) is 0 Å². The van der Waals surface area contributed by atoms with Crippen molar-refractivity contribution in [3.8, 4) is 0 Å². The highest BCUT2D eigenvalue weighted by molar-refractivity contribution is 14.0. The quantitative estimate of drug-likeness (QED) is 0.293. The van der Waals surface area contributed by atoms with Gasteiger partial charge in [-0.15, -0.1) is 24.0 Å². The van der Waals surface area contributed by atoms with E-state index in [2.05, 4.69) is 31.6 Å².